The zero-order chi connectivity index (χ0) is 13.0. The first kappa shape index (κ1) is 13.1. The lowest BCUT2D eigenvalue weighted by Crippen LogP contribution is -2.00. The lowest BCUT2D eigenvalue weighted by Gasteiger charge is -2.11. The van der Waals surface area contributed by atoms with Crippen LogP contribution in [0, 0.1) is 5.82 Å². The zero-order valence-corrected chi connectivity index (χ0v) is 10.6. The Kier molecular flexibility index (Phi) is 4.34. The van der Waals surface area contributed by atoms with Crippen LogP contribution in [0.1, 0.15) is 23.7 Å². The number of aliphatic hydroxyl groups is 1. The molecule has 0 fully saturated rings. The predicted octanol–water partition coefficient (Wildman–Crippen LogP) is 4.15. The number of hydrogen-bond acceptors (Lipinski definition) is 1. The van der Waals surface area contributed by atoms with Gasteiger partial charge in [0.05, 0.1) is 6.10 Å². The summed E-state index contributed by atoms with van der Waals surface area (Å²) in [5.41, 5.74) is 1.74. The van der Waals surface area contributed by atoms with E-state index >= 15 is 0 Å². The summed E-state index contributed by atoms with van der Waals surface area (Å²) in [5, 5.41) is 10.4. The second kappa shape index (κ2) is 5.98. The maximum absolute atomic E-state index is 12.9. The molecule has 0 amide bonds. The van der Waals surface area contributed by atoms with Crippen molar-refractivity contribution in [2.75, 3.05) is 0 Å². The van der Waals surface area contributed by atoms with E-state index in [0.717, 1.165) is 11.1 Å². The number of aryl methyl sites for hydroxylation is 1. The molecule has 2 aromatic rings. The molecule has 0 aliphatic heterocycles. The van der Waals surface area contributed by atoms with Gasteiger partial charge in [0.1, 0.15) is 5.82 Å². The SMILES string of the molecule is OC(CCc1ccc(F)cc1Cl)c1ccccc1. The maximum atomic E-state index is 12.9. The van der Waals surface area contributed by atoms with Gasteiger partial charge in [-0.3, -0.25) is 0 Å². The highest BCUT2D eigenvalue weighted by Gasteiger charge is 2.09. The van der Waals surface area contributed by atoms with Crippen LogP contribution in [0.25, 0.3) is 0 Å². The van der Waals surface area contributed by atoms with Gasteiger partial charge in [-0.1, -0.05) is 48.0 Å². The fraction of sp³-hybridized carbons (Fsp3) is 0.200. The number of aliphatic hydroxyl groups excluding tert-OH is 1. The molecule has 0 aliphatic carbocycles. The Morgan fingerprint density at radius 2 is 1.83 bits per heavy atom. The quantitative estimate of drug-likeness (QED) is 0.880. The van der Waals surface area contributed by atoms with Crippen LogP contribution in [-0.4, -0.2) is 5.11 Å². The third-order valence-corrected chi connectivity index (χ3v) is 3.24. The minimum Gasteiger partial charge on any atom is -0.388 e. The third-order valence-electron chi connectivity index (χ3n) is 2.89. The van der Waals surface area contributed by atoms with Crippen LogP contribution >= 0.6 is 11.6 Å². The Hall–Kier alpha value is -1.38. The summed E-state index contributed by atoms with van der Waals surface area (Å²) >= 11 is 5.94. The van der Waals surface area contributed by atoms with Gasteiger partial charge in [-0.25, -0.2) is 4.39 Å². The van der Waals surface area contributed by atoms with E-state index < -0.39 is 6.10 Å². The zero-order valence-electron chi connectivity index (χ0n) is 9.81. The Morgan fingerprint density at radius 1 is 1.11 bits per heavy atom. The van der Waals surface area contributed by atoms with E-state index in [0.29, 0.717) is 17.9 Å². The van der Waals surface area contributed by atoms with E-state index in [1.54, 1.807) is 6.07 Å². The van der Waals surface area contributed by atoms with Crippen molar-refractivity contribution in [3.05, 3.63) is 70.5 Å². The molecule has 0 spiro atoms. The second-order valence-corrected chi connectivity index (χ2v) is 4.61. The van der Waals surface area contributed by atoms with Gasteiger partial charge in [0, 0.05) is 5.02 Å². The molecule has 1 N–H and O–H groups in total. The van der Waals surface area contributed by atoms with Crippen molar-refractivity contribution < 1.29 is 9.50 Å². The van der Waals surface area contributed by atoms with E-state index in [2.05, 4.69) is 0 Å². The van der Waals surface area contributed by atoms with Crippen LogP contribution in [-0.2, 0) is 6.42 Å². The molecule has 3 heteroatoms. The normalized spacial score (nSPS) is 12.4. The lowest BCUT2D eigenvalue weighted by molar-refractivity contribution is 0.168. The summed E-state index contributed by atoms with van der Waals surface area (Å²) in [6, 6.07) is 13.8. The van der Waals surface area contributed by atoms with Gasteiger partial charge in [-0.2, -0.15) is 0 Å². The summed E-state index contributed by atoms with van der Waals surface area (Å²) in [6.07, 6.45) is 0.664. The topological polar surface area (TPSA) is 20.2 Å². The monoisotopic (exact) mass is 264 g/mol. The number of rotatable bonds is 4. The molecule has 0 aliphatic rings. The van der Waals surface area contributed by atoms with Crippen LogP contribution < -0.4 is 0 Å². The number of hydrogen-bond donors (Lipinski definition) is 1. The van der Waals surface area contributed by atoms with E-state index in [9.17, 15) is 9.50 Å². The molecule has 94 valence electrons. The first-order valence-electron chi connectivity index (χ1n) is 5.84. The smallest absolute Gasteiger partial charge is 0.124 e. The summed E-state index contributed by atoms with van der Waals surface area (Å²) in [4.78, 5) is 0. The molecular formula is C15H14ClFO. The number of benzene rings is 2. The average Bonchev–Trinajstić information content (AvgIpc) is 2.38. The minimum absolute atomic E-state index is 0.340. The Balaban J connectivity index is 1.99. The van der Waals surface area contributed by atoms with Crippen LogP contribution in [0.4, 0.5) is 4.39 Å². The summed E-state index contributed by atoms with van der Waals surface area (Å²) in [7, 11) is 0. The molecular weight excluding hydrogens is 251 g/mol. The maximum Gasteiger partial charge on any atom is 0.124 e. The molecule has 0 heterocycles. The molecule has 1 nitrogen and oxygen atoms in total. The first-order valence-corrected chi connectivity index (χ1v) is 6.21. The molecule has 1 atom stereocenters. The predicted molar refractivity (Wildman–Crippen MR) is 71.1 cm³/mol. The van der Waals surface area contributed by atoms with Crippen LogP contribution in [0.2, 0.25) is 5.02 Å². The largest absolute Gasteiger partial charge is 0.388 e. The molecule has 0 aromatic heterocycles. The highest BCUT2D eigenvalue weighted by atomic mass is 35.5. The molecule has 18 heavy (non-hydrogen) atoms. The fourth-order valence-corrected chi connectivity index (χ4v) is 2.12. The third kappa shape index (κ3) is 3.31. The fourth-order valence-electron chi connectivity index (χ4n) is 1.86. The summed E-state index contributed by atoms with van der Waals surface area (Å²) in [5.74, 6) is -0.340. The first-order chi connectivity index (χ1) is 8.66. The van der Waals surface area contributed by atoms with Crippen molar-refractivity contribution in [2.45, 2.75) is 18.9 Å². The van der Waals surface area contributed by atoms with Gasteiger partial charge in [0.25, 0.3) is 0 Å². The van der Waals surface area contributed by atoms with Crippen LogP contribution in [0.15, 0.2) is 48.5 Å². The van der Waals surface area contributed by atoms with Gasteiger partial charge >= 0.3 is 0 Å². The highest BCUT2D eigenvalue weighted by Crippen LogP contribution is 2.23. The lowest BCUT2D eigenvalue weighted by atomic mass is 10.0. The average molecular weight is 265 g/mol. The van der Waals surface area contributed by atoms with Gasteiger partial charge in [0.15, 0.2) is 0 Å². The van der Waals surface area contributed by atoms with Crippen molar-refractivity contribution in [3.63, 3.8) is 0 Å². The Bertz CT molecular complexity index is 513. The van der Waals surface area contributed by atoms with Gasteiger partial charge in [-0.15, -0.1) is 0 Å². The molecule has 0 radical (unpaired) electrons. The molecule has 0 saturated carbocycles. The van der Waals surface area contributed by atoms with Crippen molar-refractivity contribution in [3.8, 4) is 0 Å². The Morgan fingerprint density at radius 3 is 2.50 bits per heavy atom. The molecule has 1 unspecified atom stereocenters. The van der Waals surface area contributed by atoms with Crippen molar-refractivity contribution in [1.82, 2.24) is 0 Å². The van der Waals surface area contributed by atoms with Gasteiger partial charge in [0.2, 0.25) is 0 Å². The van der Waals surface area contributed by atoms with Crippen molar-refractivity contribution in [1.29, 1.82) is 0 Å². The summed E-state index contributed by atoms with van der Waals surface area (Å²) < 4.78 is 12.9. The van der Waals surface area contributed by atoms with Crippen LogP contribution in [0.5, 0.6) is 0 Å². The van der Waals surface area contributed by atoms with Crippen molar-refractivity contribution >= 4 is 11.6 Å². The highest BCUT2D eigenvalue weighted by molar-refractivity contribution is 6.31. The van der Waals surface area contributed by atoms with Crippen molar-refractivity contribution in [2.24, 2.45) is 0 Å². The standard InChI is InChI=1S/C15H14ClFO/c16-14-10-13(17)8-6-11(14)7-9-15(18)12-4-2-1-3-5-12/h1-6,8,10,15,18H,7,9H2. The van der Waals surface area contributed by atoms with E-state index in [1.807, 2.05) is 30.3 Å². The number of halogens is 2. The van der Waals surface area contributed by atoms with Gasteiger partial charge < -0.3 is 5.11 Å². The summed E-state index contributed by atoms with van der Waals surface area (Å²) in [6.45, 7) is 0. The van der Waals surface area contributed by atoms with E-state index in [4.69, 9.17) is 11.6 Å². The molecule has 2 rings (SSSR count). The second-order valence-electron chi connectivity index (χ2n) is 4.20. The van der Waals surface area contributed by atoms with E-state index in [-0.39, 0.29) is 5.82 Å². The molecule has 2 aromatic carbocycles. The Labute approximate surface area is 111 Å². The van der Waals surface area contributed by atoms with Gasteiger partial charge in [-0.05, 0) is 36.1 Å². The van der Waals surface area contributed by atoms with E-state index in [1.165, 1.54) is 12.1 Å². The minimum atomic E-state index is -0.521. The van der Waals surface area contributed by atoms with Crippen LogP contribution in [0.3, 0.4) is 0 Å². The molecule has 0 saturated heterocycles. The molecule has 0 bridgehead atoms.